The van der Waals surface area contributed by atoms with Gasteiger partial charge >= 0.3 is 0 Å². The fourth-order valence-electron chi connectivity index (χ4n) is 2.45. The van der Waals surface area contributed by atoms with Crippen molar-refractivity contribution in [2.24, 2.45) is 0 Å². The number of amides is 1. The van der Waals surface area contributed by atoms with Crippen molar-refractivity contribution in [2.45, 2.75) is 31.7 Å². The van der Waals surface area contributed by atoms with E-state index in [2.05, 4.69) is 5.32 Å². The van der Waals surface area contributed by atoms with E-state index in [9.17, 15) is 13.2 Å². The summed E-state index contributed by atoms with van der Waals surface area (Å²) in [5.41, 5.74) is 6.72. The first-order valence-electron chi connectivity index (χ1n) is 6.64. The molecule has 1 aliphatic heterocycles. The second kappa shape index (κ2) is 5.44. The van der Waals surface area contributed by atoms with E-state index in [1.165, 1.54) is 0 Å². The Balaban J connectivity index is 1.85. The second-order valence-corrected chi connectivity index (χ2v) is 7.88. The van der Waals surface area contributed by atoms with Gasteiger partial charge in [-0.05, 0) is 37.5 Å². The SMILES string of the molecule is CC1(NC(=O)CCc2ccc(N)cc2)CCS(=O)(=O)C1. The molecule has 1 aromatic rings. The number of anilines is 1. The third kappa shape index (κ3) is 3.96. The molecular formula is C14H20N2O3S. The van der Waals surface area contributed by atoms with Gasteiger partial charge in [0.25, 0.3) is 0 Å². The van der Waals surface area contributed by atoms with Gasteiger partial charge in [0, 0.05) is 12.1 Å². The lowest BCUT2D eigenvalue weighted by Gasteiger charge is -2.23. The Morgan fingerprint density at radius 1 is 1.35 bits per heavy atom. The number of rotatable bonds is 4. The average molecular weight is 296 g/mol. The Morgan fingerprint density at radius 2 is 2.00 bits per heavy atom. The molecule has 1 aliphatic rings. The van der Waals surface area contributed by atoms with Crippen molar-refractivity contribution in [3.8, 4) is 0 Å². The third-order valence-electron chi connectivity index (χ3n) is 3.56. The molecule has 1 heterocycles. The summed E-state index contributed by atoms with van der Waals surface area (Å²) in [4.78, 5) is 11.9. The number of carbonyl (C=O) groups excluding carboxylic acids is 1. The molecule has 0 radical (unpaired) electrons. The highest BCUT2D eigenvalue weighted by molar-refractivity contribution is 7.91. The van der Waals surface area contributed by atoms with Crippen LogP contribution in [0.25, 0.3) is 0 Å². The normalized spacial score (nSPS) is 24.4. The second-order valence-electron chi connectivity index (χ2n) is 5.69. The predicted octanol–water partition coefficient (Wildman–Crippen LogP) is 0.895. The van der Waals surface area contributed by atoms with Crippen LogP contribution in [-0.4, -0.2) is 31.4 Å². The van der Waals surface area contributed by atoms with Crippen LogP contribution in [0.2, 0.25) is 0 Å². The summed E-state index contributed by atoms with van der Waals surface area (Å²) in [5.74, 6) is 0.0800. The Kier molecular flexibility index (Phi) is 4.04. The number of sulfone groups is 1. The third-order valence-corrected chi connectivity index (χ3v) is 5.47. The highest BCUT2D eigenvalue weighted by atomic mass is 32.2. The first-order valence-corrected chi connectivity index (χ1v) is 8.46. The molecule has 1 fully saturated rings. The molecule has 1 aromatic carbocycles. The molecule has 20 heavy (non-hydrogen) atoms. The zero-order valence-corrected chi connectivity index (χ0v) is 12.4. The Hall–Kier alpha value is -1.56. The molecule has 2 rings (SSSR count). The van der Waals surface area contributed by atoms with Gasteiger partial charge in [-0.3, -0.25) is 4.79 Å². The van der Waals surface area contributed by atoms with Crippen molar-refractivity contribution in [2.75, 3.05) is 17.2 Å². The van der Waals surface area contributed by atoms with Crippen molar-refractivity contribution in [3.05, 3.63) is 29.8 Å². The first-order chi connectivity index (χ1) is 9.28. The highest BCUT2D eigenvalue weighted by Crippen LogP contribution is 2.23. The minimum absolute atomic E-state index is 0.0353. The number of nitrogens with two attached hydrogens (primary N) is 1. The lowest BCUT2D eigenvalue weighted by molar-refractivity contribution is -0.122. The van der Waals surface area contributed by atoms with Crippen LogP contribution >= 0.6 is 0 Å². The quantitative estimate of drug-likeness (QED) is 0.808. The van der Waals surface area contributed by atoms with E-state index >= 15 is 0 Å². The van der Waals surface area contributed by atoms with Crippen LogP contribution in [0.1, 0.15) is 25.3 Å². The molecule has 5 nitrogen and oxygen atoms in total. The van der Waals surface area contributed by atoms with E-state index in [1.807, 2.05) is 12.1 Å². The predicted molar refractivity (Wildman–Crippen MR) is 79.0 cm³/mol. The number of carbonyl (C=O) groups is 1. The molecule has 1 saturated heterocycles. The van der Waals surface area contributed by atoms with Gasteiger partial charge in [0.2, 0.25) is 5.91 Å². The van der Waals surface area contributed by atoms with Gasteiger partial charge in [0.1, 0.15) is 0 Å². The Bertz CT molecular complexity index is 595. The molecule has 0 bridgehead atoms. The monoisotopic (exact) mass is 296 g/mol. The molecule has 0 aromatic heterocycles. The molecule has 0 aliphatic carbocycles. The van der Waals surface area contributed by atoms with Crippen molar-refractivity contribution in [3.63, 3.8) is 0 Å². The van der Waals surface area contributed by atoms with Crippen LogP contribution in [0.15, 0.2) is 24.3 Å². The number of hydrogen-bond acceptors (Lipinski definition) is 4. The standard InChI is InChI=1S/C14H20N2O3S/c1-14(8-9-20(18,19)10-14)16-13(17)7-4-11-2-5-12(15)6-3-11/h2-3,5-6H,4,7-10,15H2,1H3,(H,16,17). The molecule has 6 heteroatoms. The maximum absolute atomic E-state index is 11.9. The fourth-order valence-corrected chi connectivity index (χ4v) is 4.54. The zero-order chi connectivity index (χ0) is 14.8. The number of hydrogen-bond donors (Lipinski definition) is 2. The summed E-state index contributed by atoms with van der Waals surface area (Å²) in [5, 5.41) is 2.85. The highest BCUT2D eigenvalue weighted by Gasteiger charge is 2.39. The smallest absolute Gasteiger partial charge is 0.220 e. The van der Waals surface area contributed by atoms with Crippen LogP contribution in [0.3, 0.4) is 0 Å². The first kappa shape index (κ1) is 14.8. The largest absolute Gasteiger partial charge is 0.399 e. The van der Waals surface area contributed by atoms with Crippen molar-refractivity contribution < 1.29 is 13.2 Å². The minimum atomic E-state index is -3.00. The maximum Gasteiger partial charge on any atom is 0.220 e. The van der Waals surface area contributed by atoms with Gasteiger partial charge in [0.05, 0.1) is 17.0 Å². The molecule has 1 unspecified atom stereocenters. The van der Waals surface area contributed by atoms with Gasteiger partial charge in [-0.1, -0.05) is 12.1 Å². The van der Waals surface area contributed by atoms with E-state index in [-0.39, 0.29) is 17.4 Å². The van der Waals surface area contributed by atoms with E-state index in [0.717, 1.165) is 5.56 Å². The fraction of sp³-hybridized carbons (Fsp3) is 0.500. The number of aryl methyl sites for hydroxylation is 1. The van der Waals surface area contributed by atoms with Crippen LogP contribution < -0.4 is 11.1 Å². The summed E-state index contributed by atoms with van der Waals surface area (Å²) >= 11 is 0. The lowest BCUT2D eigenvalue weighted by atomic mass is 10.0. The topological polar surface area (TPSA) is 89.3 Å². The number of nitrogen functional groups attached to an aromatic ring is 1. The van der Waals surface area contributed by atoms with Crippen LogP contribution in [0.5, 0.6) is 0 Å². The van der Waals surface area contributed by atoms with E-state index in [4.69, 9.17) is 5.73 Å². The summed E-state index contributed by atoms with van der Waals surface area (Å²) in [6.07, 6.45) is 1.46. The lowest BCUT2D eigenvalue weighted by Crippen LogP contribution is -2.47. The average Bonchev–Trinajstić information content (AvgIpc) is 2.62. The van der Waals surface area contributed by atoms with Gasteiger partial charge in [0.15, 0.2) is 9.84 Å². The summed E-state index contributed by atoms with van der Waals surface area (Å²) < 4.78 is 23.0. The summed E-state index contributed by atoms with van der Waals surface area (Å²) in [6, 6.07) is 7.39. The van der Waals surface area contributed by atoms with Gasteiger partial charge in [-0.2, -0.15) is 0 Å². The van der Waals surface area contributed by atoms with Crippen LogP contribution in [-0.2, 0) is 21.1 Å². The molecule has 0 saturated carbocycles. The van der Waals surface area contributed by atoms with E-state index in [1.54, 1.807) is 19.1 Å². The summed E-state index contributed by atoms with van der Waals surface area (Å²) in [7, 11) is -3.00. The molecule has 1 amide bonds. The van der Waals surface area contributed by atoms with Gasteiger partial charge in [-0.25, -0.2) is 8.42 Å². The van der Waals surface area contributed by atoms with Gasteiger partial charge in [-0.15, -0.1) is 0 Å². The molecule has 110 valence electrons. The van der Waals surface area contributed by atoms with Crippen LogP contribution in [0, 0.1) is 0 Å². The van der Waals surface area contributed by atoms with Crippen molar-refractivity contribution in [1.29, 1.82) is 0 Å². The molecule has 1 atom stereocenters. The summed E-state index contributed by atoms with van der Waals surface area (Å²) in [6.45, 7) is 1.79. The molecular weight excluding hydrogens is 276 g/mol. The van der Waals surface area contributed by atoms with E-state index < -0.39 is 15.4 Å². The van der Waals surface area contributed by atoms with Gasteiger partial charge < -0.3 is 11.1 Å². The number of nitrogens with one attached hydrogen (secondary N) is 1. The molecule has 0 spiro atoms. The zero-order valence-electron chi connectivity index (χ0n) is 11.6. The van der Waals surface area contributed by atoms with Crippen LogP contribution in [0.4, 0.5) is 5.69 Å². The van der Waals surface area contributed by atoms with Crippen molar-refractivity contribution >= 4 is 21.4 Å². The van der Waals surface area contributed by atoms with Crippen molar-refractivity contribution in [1.82, 2.24) is 5.32 Å². The minimum Gasteiger partial charge on any atom is -0.399 e. The molecule has 3 N–H and O–H groups in total. The maximum atomic E-state index is 11.9. The number of benzene rings is 1. The van der Waals surface area contributed by atoms with E-state index in [0.29, 0.717) is 24.9 Å². The Labute approximate surface area is 119 Å². The Morgan fingerprint density at radius 3 is 2.55 bits per heavy atom.